The Balaban J connectivity index is 2.47. The molecule has 18 heavy (non-hydrogen) atoms. The zero-order valence-corrected chi connectivity index (χ0v) is 9.80. The van der Waals surface area contributed by atoms with Gasteiger partial charge in [0.2, 0.25) is 5.91 Å². The molecule has 6 heteroatoms. The molecule has 1 aromatic rings. The molecule has 0 heterocycles. The molecule has 1 amide bonds. The van der Waals surface area contributed by atoms with Crippen LogP contribution in [0.4, 0.5) is 5.69 Å². The summed E-state index contributed by atoms with van der Waals surface area (Å²) in [6.07, 6.45) is 0.550. The number of carboxylic acid groups (broad SMARTS) is 1. The highest BCUT2D eigenvalue weighted by molar-refractivity contribution is 5.83. The summed E-state index contributed by atoms with van der Waals surface area (Å²) in [5.74, 6) is -1.69. The van der Waals surface area contributed by atoms with Crippen LogP contribution >= 0.6 is 0 Å². The number of hydrogen-bond acceptors (Lipinski definition) is 4. The fourth-order valence-electron chi connectivity index (χ4n) is 1.46. The number of aryl methyl sites for hydroxylation is 1. The van der Waals surface area contributed by atoms with Crippen LogP contribution in [0.2, 0.25) is 0 Å². The molecule has 0 aromatic heterocycles. The number of hydrogen-bond donors (Lipinski definition) is 4. The second-order valence-corrected chi connectivity index (χ2v) is 3.84. The van der Waals surface area contributed by atoms with Crippen molar-refractivity contribution in [2.45, 2.75) is 18.9 Å². The van der Waals surface area contributed by atoms with Crippen LogP contribution in [0.15, 0.2) is 24.3 Å². The van der Waals surface area contributed by atoms with Gasteiger partial charge in [0.25, 0.3) is 0 Å². The second-order valence-electron chi connectivity index (χ2n) is 3.84. The van der Waals surface area contributed by atoms with E-state index >= 15 is 0 Å². The van der Waals surface area contributed by atoms with Crippen LogP contribution in [0, 0.1) is 0 Å². The number of nitrogens with two attached hydrogens (primary N) is 1. The Hall–Kier alpha value is -2.08. The number of anilines is 1. The number of aliphatic hydroxyl groups excluding tert-OH is 1. The van der Waals surface area contributed by atoms with Gasteiger partial charge in [-0.1, -0.05) is 18.2 Å². The highest BCUT2D eigenvalue weighted by Gasteiger charge is 2.18. The van der Waals surface area contributed by atoms with Crippen LogP contribution < -0.4 is 11.1 Å². The topological polar surface area (TPSA) is 113 Å². The molecule has 1 rings (SSSR count). The molecular weight excluding hydrogens is 236 g/mol. The van der Waals surface area contributed by atoms with Gasteiger partial charge in [0.15, 0.2) is 0 Å². The number of rotatable bonds is 6. The number of para-hydroxylation sites is 1. The summed E-state index contributed by atoms with van der Waals surface area (Å²) in [5, 5.41) is 19.6. The Morgan fingerprint density at radius 2 is 2.00 bits per heavy atom. The van der Waals surface area contributed by atoms with Crippen LogP contribution in [0.5, 0.6) is 0 Å². The van der Waals surface area contributed by atoms with Crippen molar-refractivity contribution in [3.8, 4) is 0 Å². The fraction of sp³-hybridized carbons (Fsp3) is 0.333. The lowest BCUT2D eigenvalue weighted by atomic mass is 10.1. The highest BCUT2D eigenvalue weighted by atomic mass is 16.4. The molecule has 0 saturated heterocycles. The van der Waals surface area contributed by atoms with Gasteiger partial charge >= 0.3 is 5.97 Å². The Morgan fingerprint density at radius 3 is 2.56 bits per heavy atom. The SMILES string of the molecule is Nc1ccccc1CCC(=O)NC(CO)C(=O)O. The zero-order valence-electron chi connectivity index (χ0n) is 9.80. The lowest BCUT2D eigenvalue weighted by molar-refractivity contribution is -0.142. The summed E-state index contributed by atoms with van der Waals surface area (Å²) in [5.41, 5.74) is 7.15. The van der Waals surface area contributed by atoms with Crippen molar-refractivity contribution in [1.82, 2.24) is 5.32 Å². The molecule has 98 valence electrons. The quantitative estimate of drug-likeness (QED) is 0.522. The summed E-state index contributed by atoms with van der Waals surface area (Å²) in [4.78, 5) is 22.1. The average Bonchev–Trinajstić information content (AvgIpc) is 2.34. The van der Waals surface area contributed by atoms with Crippen LogP contribution in [0.25, 0.3) is 0 Å². The maximum Gasteiger partial charge on any atom is 0.328 e. The molecule has 5 N–H and O–H groups in total. The minimum atomic E-state index is -1.26. The Labute approximate surface area is 104 Å². The summed E-state index contributed by atoms with van der Waals surface area (Å²) in [7, 11) is 0. The molecule has 1 unspecified atom stereocenters. The molecular formula is C12H16N2O4. The number of nitrogen functional groups attached to an aromatic ring is 1. The van der Waals surface area contributed by atoms with Crippen molar-refractivity contribution in [1.29, 1.82) is 0 Å². The predicted octanol–water partition coefficient (Wildman–Crippen LogP) is -0.237. The van der Waals surface area contributed by atoms with Crippen molar-refractivity contribution in [2.75, 3.05) is 12.3 Å². The molecule has 0 spiro atoms. The van der Waals surface area contributed by atoms with Gasteiger partial charge in [0.1, 0.15) is 6.04 Å². The van der Waals surface area contributed by atoms with E-state index in [0.717, 1.165) is 5.56 Å². The first-order valence-electron chi connectivity index (χ1n) is 5.51. The van der Waals surface area contributed by atoms with Crippen molar-refractivity contribution in [2.24, 2.45) is 0 Å². The van der Waals surface area contributed by atoms with E-state index in [4.69, 9.17) is 15.9 Å². The first-order valence-corrected chi connectivity index (χ1v) is 5.51. The summed E-state index contributed by atoms with van der Waals surface area (Å²) in [6, 6.07) is 5.90. The molecule has 6 nitrogen and oxygen atoms in total. The number of benzene rings is 1. The van der Waals surface area contributed by atoms with Crippen molar-refractivity contribution in [3.05, 3.63) is 29.8 Å². The Morgan fingerprint density at radius 1 is 1.33 bits per heavy atom. The number of aliphatic carboxylic acids is 1. The molecule has 0 aliphatic heterocycles. The third kappa shape index (κ3) is 4.06. The van der Waals surface area contributed by atoms with Gasteiger partial charge < -0.3 is 21.3 Å². The van der Waals surface area contributed by atoms with E-state index in [1.54, 1.807) is 12.1 Å². The number of nitrogens with one attached hydrogen (secondary N) is 1. The van der Waals surface area contributed by atoms with Crippen molar-refractivity contribution in [3.63, 3.8) is 0 Å². The van der Waals surface area contributed by atoms with Crippen LogP contribution in [0.3, 0.4) is 0 Å². The zero-order chi connectivity index (χ0) is 13.5. The maximum atomic E-state index is 11.5. The van der Waals surface area contributed by atoms with E-state index in [1.807, 2.05) is 12.1 Å². The Bertz CT molecular complexity index is 434. The monoisotopic (exact) mass is 252 g/mol. The molecule has 0 saturated carbocycles. The van der Waals surface area contributed by atoms with E-state index in [0.29, 0.717) is 12.1 Å². The van der Waals surface area contributed by atoms with E-state index in [1.165, 1.54) is 0 Å². The summed E-state index contributed by atoms with van der Waals surface area (Å²) >= 11 is 0. The molecule has 0 aliphatic carbocycles. The lowest BCUT2D eigenvalue weighted by Gasteiger charge is -2.11. The molecule has 0 bridgehead atoms. The first-order chi connectivity index (χ1) is 8.54. The standard InChI is InChI=1S/C12H16N2O4/c13-9-4-2-1-3-8(9)5-6-11(16)14-10(7-15)12(17)18/h1-4,10,15H,5-7,13H2,(H,14,16)(H,17,18). The average molecular weight is 252 g/mol. The third-order valence-corrected chi connectivity index (χ3v) is 2.49. The maximum absolute atomic E-state index is 11.5. The minimum absolute atomic E-state index is 0.123. The van der Waals surface area contributed by atoms with Crippen LogP contribution in [0.1, 0.15) is 12.0 Å². The van der Waals surface area contributed by atoms with Gasteiger partial charge in [-0.05, 0) is 18.1 Å². The molecule has 1 atom stereocenters. The van der Waals surface area contributed by atoms with E-state index in [-0.39, 0.29) is 6.42 Å². The van der Waals surface area contributed by atoms with Gasteiger partial charge in [-0.25, -0.2) is 4.79 Å². The van der Waals surface area contributed by atoms with Crippen LogP contribution in [-0.2, 0) is 16.0 Å². The third-order valence-electron chi connectivity index (χ3n) is 2.49. The molecule has 0 radical (unpaired) electrons. The minimum Gasteiger partial charge on any atom is -0.480 e. The number of carbonyl (C=O) groups excluding carboxylic acids is 1. The smallest absolute Gasteiger partial charge is 0.328 e. The lowest BCUT2D eigenvalue weighted by Crippen LogP contribution is -2.43. The highest BCUT2D eigenvalue weighted by Crippen LogP contribution is 2.12. The summed E-state index contributed by atoms with van der Waals surface area (Å²) < 4.78 is 0. The first kappa shape index (κ1) is 14.0. The van der Waals surface area contributed by atoms with E-state index in [9.17, 15) is 9.59 Å². The number of amides is 1. The molecule has 0 fully saturated rings. The summed E-state index contributed by atoms with van der Waals surface area (Å²) in [6.45, 7) is -0.630. The largest absolute Gasteiger partial charge is 0.480 e. The van der Waals surface area contributed by atoms with Gasteiger partial charge in [-0.15, -0.1) is 0 Å². The molecule has 1 aromatic carbocycles. The van der Waals surface area contributed by atoms with E-state index in [2.05, 4.69) is 5.32 Å². The number of aliphatic hydroxyl groups is 1. The van der Waals surface area contributed by atoms with Gasteiger partial charge in [0, 0.05) is 12.1 Å². The van der Waals surface area contributed by atoms with E-state index < -0.39 is 24.5 Å². The van der Waals surface area contributed by atoms with Crippen molar-refractivity contribution >= 4 is 17.6 Å². The number of carboxylic acids is 1. The van der Waals surface area contributed by atoms with Gasteiger partial charge in [-0.3, -0.25) is 4.79 Å². The normalized spacial score (nSPS) is 11.8. The second kappa shape index (κ2) is 6.61. The van der Waals surface area contributed by atoms with Crippen LogP contribution in [-0.4, -0.2) is 34.7 Å². The fourth-order valence-corrected chi connectivity index (χ4v) is 1.46. The molecule has 0 aliphatic rings. The predicted molar refractivity (Wildman–Crippen MR) is 65.8 cm³/mol. The Kier molecular flexibility index (Phi) is 5.13. The van der Waals surface area contributed by atoms with Crippen molar-refractivity contribution < 1.29 is 19.8 Å². The number of carbonyl (C=O) groups is 2. The van der Waals surface area contributed by atoms with Gasteiger partial charge in [0.05, 0.1) is 6.61 Å². The van der Waals surface area contributed by atoms with Gasteiger partial charge in [-0.2, -0.15) is 0 Å².